The summed E-state index contributed by atoms with van der Waals surface area (Å²) in [7, 11) is -1.76. The van der Waals surface area contributed by atoms with E-state index in [0.29, 0.717) is 32.1 Å². The molecule has 1 atom stereocenters. The van der Waals surface area contributed by atoms with Crippen LogP contribution in [0, 0.1) is 0 Å². The number of sulfonamides is 1. The molecule has 2 aromatic carbocycles. The van der Waals surface area contributed by atoms with Gasteiger partial charge in [0.05, 0.1) is 49.1 Å². The van der Waals surface area contributed by atoms with Crippen molar-refractivity contribution < 1.29 is 41.7 Å². The van der Waals surface area contributed by atoms with Crippen LogP contribution in [0.4, 0.5) is 5.69 Å². The highest BCUT2D eigenvalue weighted by Gasteiger charge is 2.24. The van der Waals surface area contributed by atoms with Gasteiger partial charge in [0.2, 0.25) is 0 Å². The summed E-state index contributed by atoms with van der Waals surface area (Å²) in [4.78, 5) is 37.9. The first-order valence-corrected chi connectivity index (χ1v) is 12.1. The Kier molecular flexibility index (Phi) is 8.30. The number of carbonyl (C=O) groups excluding carboxylic acids is 3. The summed E-state index contributed by atoms with van der Waals surface area (Å²) >= 11 is 0. The lowest BCUT2D eigenvalue weighted by atomic mass is 10.1. The first-order chi connectivity index (χ1) is 16.6. The molecule has 1 aliphatic heterocycles. The molecule has 0 radical (unpaired) electrons. The summed E-state index contributed by atoms with van der Waals surface area (Å²) in [6, 6.07) is 9.22. The maximum absolute atomic E-state index is 12.9. The molecule has 0 bridgehead atoms. The van der Waals surface area contributed by atoms with Crippen molar-refractivity contribution in [3.63, 3.8) is 0 Å². The normalized spacial score (nSPS) is 14.5. The number of benzene rings is 2. The van der Waals surface area contributed by atoms with Gasteiger partial charge < -0.3 is 23.8 Å². The van der Waals surface area contributed by atoms with Gasteiger partial charge in [-0.3, -0.25) is 9.52 Å². The lowest BCUT2D eigenvalue weighted by Gasteiger charge is -2.29. The van der Waals surface area contributed by atoms with Crippen LogP contribution in [-0.2, 0) is 29.0 Å². The van der Waals surface area contributed by atoms with E-state index in [1.807, 2.05) is 0 Å². The van der Waals surface area contributed by atoms with E-state index in [4.69, 9.17) is 9.47 Å². The zero-order chi connectivity index (χ0) is 25.6. The Balaban J connectivity index is 1.75. The van der Waals surface area contributed by atoms with Crippen LogP contribution in [0.2, 0.25) is 0 Å². The van der Waals surface area contributed by atoms with Gasteiger partial charge in [-0.1, -0.05) is 0 Å². The average molecular weight is 507 g/mol. The summed E-state index contributed by atoms with van der Waals surface area (Å²) in [5.41, 5.74) is -0.0927. The Morgan fingerprint density at radius 1 is 0.943 bits per heavy atom. The third kappa shape index (κ3) is 6.49. The average Bonchev–Trinajstić information content (AvgIpc) is 2.87. The lowest BCUT2D eigenvalue weighted by molar-refractivity contribution is -0.142. The molecular formula is C23H26N2O9S. The molecule has 1 fully saturated rings. The quantitative estimate of drug-likeness (QED) is 0.530. The summed E-state index contributed by atoms with van der Waals surface area (Å²) in [6.07, 6.45) is -0.758. The molecule has 11 nitrogen and oxygen atoms in total. The van der Waals surface area contributed by atoms with Crippen LogP contribution >= 0.6 is 0 Å². The molecular weight excluding hydrogens is 480 g/mol. The van der Waals surface area contributed by atoms with Crippen LogP contribution in [-0.4, -0.2) is 77.8 Å². The number of nitrogens with one attached hydrogen (secondary N) is 1. The number of ether oxygens (including phenoxy) is 4. The van der Waals surface area contributed by atoms with E-state index >= 15 is 0 Å². The molecule has 1 saturated heterocycles. The van der Waals surface area contributed by atoms with Gasteiger partial charge in [-0.05, 0) is 49.4 Å². The van der Waals surface area contributed by atoms with Crippen LogP contribution in [0.5, 0.6) is 5.75 Å². The smallest absolute Gasteiger partial charge is 0.337 e. The highest BCUT2D eigenvalue weighted by Crippen LogP contribution is 2.23. The summed E-state index contributed by atoms with van der Waals surface area (Å²) in [6.45, 7) is 3.55. The molecule has 0 unspecified atom stereocenters. The number of nitrogens with zero attached hydrogens (tertiary/aromatic N) is 1. The molecule has 3 rings (SSSR count). The third-order valence-electron chi connectivity index (χ3n) is 5.14. The first kappa shape index (κ1) is 26.0. The summed E-state index contributed by atoms with van der Waals surface area (Å²) in [5, 5.41) is 0. The van der Waals surface area contributed by atoms with Gasteiger partial charge >= 0.3 is 11.9 Å². The maximum atomic E-state index is 12.9. The van der Waals surface area contributed by atoms with Gasteiger partial charge in [-0.25, -0.2) is 18.0 Å². The Labute approximate surface area is 203 Å². The SMILES string of the molecule is COC(=O)c1cc(NS(=O)(=O)c2ccc(O[C@H](C)C(=O)N3CCOCC3)cc2)cc(C(=O)OC)c1. The van der Waals surface area contributed by atoms with Gasteiger partial charge in [-0.2, -0.15) is 0 Å². The van der Waals surface area contributed by atoms with E-state index in [0.717, 1.165) is 14.2 Å². The van der Waals surface area contributed by atoms with E-state index in [1.54, 1.807) is 11.8 Å². The van der Waals surface area contributed by atoms with Gasteiger partial charge in [0.25, 0.3) is 15.9 Å². The molecule has 35 heavy (non-hydrogen) atoms. The van der Waals surface area contributed by atoms with Crippen molar-refractivity contribution in [1.29, 1.82) is 0 Å². The molecule has 0 spiro atoms. The topological polar surface area (TPSA) is 138 Å². The van der Waals surface area contributed by atoms with Crippen molar-refractivity contribution >= 4 is 33.6 Å². The van der Waals surface area contributed by atoms with Crippen molar-refractivity contribution in [3.8, 4) is 5.75 Å². The molecule has 1 N–H and O–H groups in total. The first-order valence-electron chi connectivity index (χ1n) is 10.6. The molecule has 2 aromatic rings. The van der Waals surface area contributed by atoms with E-state index < -0.39 is 28.1 Å². The van der Waals surface area contributed by atoms with Crippen LogP contribution in [0.3, 0.4) is 0 Å². The fourth-order valence-electron chi connectivity index (χ4n) is 3.36. The highest BCUT2D eigenvalue weighted by molar-refractivity contribution is 7.92. The van der Waals surface area contributed by atoms with Gasteiger partial charge in [0, 0.05) is 13.1 Å². The van der Waals surface area contributed by atoms with E-state index in [-0.39, 0.29) is 27.6 Å². The number of anilines is 1. The molecule has 12 heteroatoms. The number of esters is 2. The fourth-order valence-corrected chi connectivity index (χ4v) is 4.41. The molecule has 1 aliphatic rings. The summed E-state index contributed by atoms with van der Waals surface area (Å²) in [5.74, 6) is -1.37. The second-order valence-corrected chi connectivity index (χ2v) is 9.24. The molecule has 1 heterocycles. The standard InChI is InChI=1S/C23H26N2O9S/c1-15(21(26)25-8-10-33-11-9-25)34-19-4-6-20(7-5-19)35(29,30)24-18-13-16(22(27)31-2)12-17(14-18)23(28)32-3/h4-7,12-15,24H,8-11H2,1-3H3/t15-/m1/s1. The van der Waals surface area contributed by atoms with Crippen molar-refractivity contribution in [2.24, 2.45) is 0 Å². The third-order valence-corrected chi connectivity index (χ3v) is 6.54. The van der Waals surface area contributed by atoms with Crippen LogP contribution in [0.15, 0.2) is 47.4 Å². The minimum Gasteiger partial charge on any atom is -0.481 e. The van der Waals surface area contributed by atoms with E-state index in [9.17, 15) is 22.8 Å². The number of hydrogen-bond donors (Lipinski definition) is 1. The largest absolute Gasteiger partial charge is 0.481 e. The molecule has 0 aliphatic carbocycles. The number of amides is 1. The number of rotatable bonds is 8. The van der Waals surface area contributed by atoms with Crippen LogP contribution in [0.25, 0.3) is 0 Å². The number of carbonyl (C=O) groups is 3. The lowest BCUT2D eigenvalue weighted by Crippen LogP contribution is -2.46. The Hall–Kier alpha value is -3.64. The Bertz CT molecular complexity index is 1160. The summed E-state index contributed by atoms with van der Waals surface area (Å²) < 4.78 is 48.4. The second kappa shape index (κ2) is 11.2. The van der Waals surface area contributed by atoms with Gasteiger partial charge in [0.1, 0.15) is 5.75 Å². The predicted molar refractivity (Wildman–Crippen MR) is 124 cm³/mol. The van der Waals surface area contributed by atoms with E-state index in [2.05, 4.69) is 14.2 Å². The van der Waals surface area contributed by atoms with Crippen LogP contribution < -0.4 is 9.46 Å². The zero-order valence-electron chi connectivity index (χ0n) is 19.5. The van der Waals surface area contributed by atoms with Crippen molar-refractivity contribution in [1.82, 2.24) is 4.90 Å². The minimum atomic E-state index is -4.09. The van der Waals surface area contributed by atoms with Gasteiger partial charge in [0.15, 0.2) is 6.10 Å². The van der Waals surface area contributed by atoms with Crippen molar-refractivity contribution in [2.75, 3.05) is 45.2 Å². The Morgan fingerprint density at radius 3 is 2.00 bits per heavy atom. The van der Waals surface area contributed by atoms with E-state index in [1.165, 1.54) is 42.5 Å². The number of hydrogen-bond acceptors (Lipinski definition) is 9. The number of morpholine rings is 1. The van der Waals surface area contributed by atoms with Crippen LogP contribution in [0.1, 0.15) is 27.6 Å². The fraction of sp³-hybridized carbons (Fsp3) is 0.348. The molecule has 1 amide bonds. The maximum Gasteiger partial charge on any atom is 0.337 e. The number of methoxy groups -OCH3 is 2. The molecule has 0 aromatic heterocycles. The zero-order valence-corrected chi connectivity index (χ0v) is 20.3. The predicted octanol–water partition coefficient (Wildman–Crippen LogP) is 1.69. The monoisotopic (exact) mass is 506 g/mol. The molecule has 0 saturated carbocycles. The highest BCUT2D eigenvalue weighted by atomic mass is 32.2. The van der Waals surface area contributed by atoms with Gasteiger partial charge in [-0.15, -0.1) is 0 Å². The molecule has 188 valence electrons. The van der Waals surface area contributed by atoms with Crippen molar-refractivity contribution in [3.05, 3.63) is 53.6 Å². The Morgan fingerprint density at radius 2 is 1.49 bits per heavy atom. The second-order valence-electron chi connectivity index (χ2n) is 7.56. The minimum absolute atomic E-state index is 0.0293. The van der Waals surface area contributed by atoms with Crippen molar-refractivity contribution in [2.45, 2.75) is 17.9 Å².